The van der Waals surface area contributed by atoms with E-state index in [1.54, 1.807) is 0 Å². The molecule has 324 valence electrons. The molecule has 2 nitrogen and oxygen atoms in total. The van der Waals surface area contributed by atoms with Crippen molar-refractivity contribution in [3.05, 3.63) is 285 Å². The second kappa shape index (κ2) is 19.4. The largest absolute Gasteiger partial charge is 0.311 e. The van der Waals surface area contributed by atoms with E-state index in [2.05, 4.69) is 289 Å². The minimum Gasteiger partial charge on any atom is -0.311 e. The van der Waals surface area contributed by atoms with Gasteiger partial charge >= 0.3 is 0 Å². The molecular weight excluding hydrogens is 821 g/mol. The van der Waals surface area contributed by atoms with E-state index < -0.39 is 0 Å². The molecule has 0 saturated carbocycles. The van der Waals surface area contributed by atoms with Crippen molar-refractivity contribution < 1.29 is 0 Å². The highest BCUT2D eigenvalue weighted by Crippen LogP contribution is 2.39. The highest BCUT2D eigenvalue weighted by atomic mass is 15.1. The zero-order chi connectivity index (χ0) is 45.5. The van der Waals surface area contributed by atoms with Crippen LogP contribution >= 0.6 is 0 Å². The highest BCUT2D eigenvalue weighted by molar-refractivity contribution is 5.86. The summed E-state index contributed by atoms with van der Waals surface area (Å²) in [7, 11) is 0. The summed E-state index contributed by atoms with van der Waals surface area (Å²) in [5.74, 6) is 0. The normalized spacial score (nSPS) is 12.0. The predicted octanol–water partition coefficient (Wildman–Crippen LogP) is 18.5. The van der Waals surface area contributed by atoms with Crippen LogP contribution in [0, 0.1) is 0 Å². The maximum atomic E-state index is 2.37. The molecule has 0 amide bonds. The van der Waals surface area contributed by atoms with Gasteiger partial charge in [-0.1, -0.05) is 212 Å². The number of allylic oxidation sites excluding steroid dienone is 3. The second-order valence-electron chi connectivity index (χ2n) is 17.2. The van der Waals surface area contributed by atoms with Gasteiger partial charge in [-0.05, 0) is 146 Å². The van der Waals surface area contributed by atoms with E-state index in [0.29, 0.717) is 0 Å². The van der Waals surface area contributed by atoms with Gasteiger partial charge in [0.15, 0.2) is 0 Å². The van der Waals surface area contributed by atoms with Crippen molar-refractivity contribution in [3.8, 4) is 66.8 Å². The zero-order valence-electron chi connectivity index (χ0n) is 37.9. The Morgan fingerprint density at radius 3 is 0.853 bits per heavy atom. The highest BCUT2D eigenvalue weighted by Gasteiger charge is 2.17. The van der Waals surface area contributed by atoms with Gasteiger partial charge in [-0.15, -0.1) is 0 Å². The van der Waals surface area contributed by atoms with Gasteiger partial charge in [0.05, 0.1) is 0 Å². The summed E-state index contributed by atoms with van der Waals surface area (Å²) in [5.41, 5.74) is 21.3. The third-order valence-electron chi connectivity index (χ3n) is 12.9. The molecule has 2 heteroatoms. The second-order valence-corrected chi connectivity index (χ2v) is 17.2. The molecule has 1 aliphatic carbocycles. The Labute approximate surface area is 400 Å². The summed E-state index contributed by atoms with van der Waals surface area (Å²) in [6, 6.07) is 94.1. The summed E-state index contributed by atoms with van der Waals surface area (Å²) in [6.07, 6.45) is 8.99. The van der Waals surface area contributed by atoms with Gasteiger partial charge in [0, 0.05) is 34.1 Å². The number of nitrogens with zero attached hydrogens (tertiary/aromatic N) is 2. The molecule has 10 aromatic carbocycles. The van der Waals surface area contributed by atoms with E-state index >= 15 is 0 Å². The number of benzene rings is 10. The van der Waals surface area contributed by atoms with E-state index in [1.807, 2.05) is 0 Å². The molecule has 0 radical (unpaired) electrons. The third-order valence-corrected chi connectivity index (χ3v) is 12.9. The molecule has 0 heterocycles. The lowest BCUT2D eigenvalue weighted by Crippen LogP contribution is -2.16. The fraction of sp³-hybridized carbons (Fsp3) is 0.0303. The fourth-order valence-electron chi connectivity index (χ4n) is 9.38. The Morgan fingerprint density at radius 2 is 0.500 bits per heavy atom. The summed E-state index contributed by atoms with van der Waals surface area (Å²) in [6.45, 7) is 0. The van der Waals surface area contributed by atoms with Gasteiger partial charge < -0.3 is 9.80 Å². The summed E-state index contributed by atoms with van der Waals surface area (Å²) < 4.78 is 0. The number of hydrogen-bond acceptors (Lipinski definition) is 2. The summed E-state index contributed by atoms with van der Waals surface area (Å²) in [4.78, 5) is 4.68. The molecule has 0 aromatic heterocycles. The number of hydrogen-bond donors (Lipinski definition) is 0. The molecule has 68 heavy (non-hydrogen) atoms. The molecule has 0 unspecified atom stereocenters. The van der Waals surface area contributed by atoms with Crippen LogP contribution in [0.25, 0.3) is 66.8 Å². The molecular formula is C66H50N2. The number of anilines is 5. The third kappa shape index (κ3) is 8.96. The van der Waals surface area contributed by atoms with Gasteiger partial charge in [-0.2, -0.15) is 0 Å². The van der Waals surface area contributed by atoms with Gasteiger partial charge in [0.25, 0.3) is 0 Å². The molecule has 0 bridgehead atoms. The van der Waals surface area contributed by atoms with E-state index in [1.165, 1.54) is 72.5 Å². The average molecular weight is 871 g/mol. The lowest BCUT2D eigenvalue weighted by Gasteiger charge is -2.28. The maximum Gasteiger partial charge on any atom is 0.0462 e. The van der Waals surface area contributed by atoms with Crippen LogP contribution in [0.1, 0.15) is 12.8 Å². The molecule has 11 rings (SSSR count). The fourth-order valence-corrected chi connectivity index (χ4v) is 9.38. The van der Waals surface area contributed by atoms with Crippen molar-refractivity contribution in [2.24, 2.45) is 0 Å². The molecule has 0 saturated heterocycles. The van der Waals surface area contributed by atoms with Crippen molar-refractivity contribution in [1.29, 1.82) is 0 Å². The van der Waals surface area contributed by atoms with Crippen molar-refractivity contribution in [1.82, 2.24) is 0 Å². The van der Waals surface area contributed by atoms with Gasteiger partial charge in [-0.25, -0.2) is 0 Å². The van der Waals surface area contributed by atoms with Crippen molar-refractivity contribution in [2.45, 2.75) is 12.8 Å². The Balaban J connectivity index is 0.806. The van der Waals surface area contributed by atoms with Crippen LogP contribution in [0.15, 0.2) is 285 Å². The summed E-state index contributed by atoms with van der Waals surface area (Å²) in [5, 5.41) is 0. The quantitative estimate of drug-likeness (QED) is 0.121. The smallest absolute Gasteiger partial charge is 0.0462 e. The lowest BCUT2D eigenvalue weighted by molar-refractivity contribution is 0.997. The van der Waals surface area contributed by atoms with E-state index in [0.717, 1.165) is 41.3 Å². The Hall–Kier alpha value is -8.72. The summed E-state index contributed by atoms with van der Waals surface area (Å²) >= 11 is 0. The van der Waals surface area contributed by atoms with E-state index in [9.17, 15) is 0 Å². The van der Waals surface area contributed by atoms with E-state index in [-0.39, 0.29) is 0 Å². The minimum absolute atomic E-state index is 1.04. The van der Waals surface area contributed by atoms with Crippen LogP contribution in [0.4, 0.5) is 28.4 Å². The Bertz CT molecular complexity index is 3300. The lowest BCUT2D eigenvalue weighted by atomic mass is 9.92. The molecule has 0 aliphatic heterocycles. The molecule has 0 atom stereocenters. The SMILES string of the molecule is C1=CC(N(c2ccc(-c3ccccc3)cc2)c2ccc(-c3ccc(-c4ccccc4-c4ccc(-c5ccc(N(c6ccccc6)c6ccc(-c7ccccc7)cc6)cc5)cc4)cc3)cc2)=CCC1. The van der Waals surface area contributed by atoms with Crippen molar-refractivity contribution in [2.75, 3.05) is 9.80 Å². The first-order valence-electron chi connectivity index (χ1n) is 23.6. The standard InChI is InChI=1S/C66H50N2/c1-5-15-49(16-6-1)53-33-41-61(42-34-53)67(59-19-9-3-10-20-59)63-45-37-55(38-46-63)51-25-29-57(30-26-51)65-23-13-14-24-66(65)58-31-27-52(28-32-58)56-39-47-64(48-40-56)68(60-21-11-4-12-22-60)62-43-35-54(36-44-62)50-17-7-2-8-18-50/h1-3,5-11,13-48H,4,12H2. The van der Waals surface area contributed by atoms with Crippen molar-refractivity contribution in [3.63, 3.8) is 0 Å². The zero-order valence-corrected chi connectivity index (χ0v) is 37.9. The maximum absolute atomic E-state index is 2.37. The minimum atomic E-state index is 1.04. The van der Waals surface area contributed by atoms with Crippen LogP contribution in [-0.2, 0) is 0 Å². The molecule has 0 spiro atoms. The van der Waals surface area contributed by atoms with Gasteiger partial charge in [0.1, 0.15) is 0 Å². The number of para-hydroxylation sites is 1. The van der Waals surface area contributed by atoms with Crippen LogP contribution in [-0.4, -0.2) is 0 Å². The topological polar surface area (TPSA) is 6.48 Å². The number of rotatable bonds is 12. The Kier molecular flexibility index (Phi) is 12.0. The molecule has 10 aromatic rings. The first kappa shape index (κ1) is 41.9. The molecule has 0 N–H and O–H groups in total. The van der Waals surface area contributed by atoms with Crippen LogP contribution in [0.5, 0.6) is 0 Å². The predicted molar refractivity (Wildman–Crippen MR) is 289 cm³/mol. The van der Waals surface area contributed by atoms with Gasteiger partial charge in [0.2, 0.25) is 0 Å². The first-order valence-corrected chi connectivity index (χ1v) is 23.6. The first-order chi connectivity index (χ1) is 33.7. The molecule has 1 aliphatic rings. The monoisotopic (exact) mass is 870 g/mol. The average Bonchev–Trinajstić information content (AvgIpc) is 3.43. The van der Waals surface area contributed by atoms with E-state index in [4.69, 9.17) is 0 Å². The van der Waals surface area contributed by atoms with Crippen molar-refractivity contribution >= 4 is 28.4 Å². The van der Waals surface area contributed by atoms with Gasteiger partial charge in [-0.3, -0.25) is 0 Å². The van der Waals surface area contributed by atoms with Crippen LogP contribution < -0.4 is 9.80 Å². The van der Waals surface area contributed by atoms with Crippen LogP contribution in [0.2, 0.25) is 0 Å². The Morgan fingerprint density at radius 1 is 0.221 bits per heavy atom. The molecule has 0 fully saturated rings. The van der Waals surface area contributed by atoms with Crippen LogP contribution in [0.3, 0.4) is 0 Å².